The number of pyridine rings is 1. The molecule has 2 heterocycles. The van der Waals surface area contributed by atoms with Crippen molar-refractivity contribution >= 4 is 36.7 Å². The van der Waals surface area contributed by atoms with Crippen molar-refractivity contribution in [1.29, 1.82) is 0 Å². The van der Waals surface area contributed by atoms with Crippen LogP contribution in [0.2, 0.25) is 19.6 Å². The van der Waals surface area contributed by atoms with E-state index in [1.54, 1.807) is 19.6 Å². The van der Waals surface area contributed by atoms with Gasteiger partial charge in [0.05, 0.1) is 13.8 Å². The average Bonchev–Trinajstić information content (AvgIpc) is 2.75. The zero-order valence-electron chi connectivity index (χ0n) is 20.5. The molecule has 0 unspecified atom stereocenters. The molecule has 2 aromatic rings. The first-order chi connectivity index (χ1) is 17.3. The van der Waals surface area contributed by atoms with Crippen molar-refractivity contribution in [2.24, 2.45) is 0 Å². The Bertz CT molecular complexity index is 1180. The number of carbonyl (C=O) groups excluding carboxylic acids is 2. The van der Waals surface area contributed by atoms with Gasteiger partial charge in [0, 0.05) is 48.3 Å². The van der Waals surface area contributed by atoms with Gasteiger partial charge in [-0.15, -0.1) is 0 Å². The lowest BCUT2D eigenvalue weighted by molar-refractivity contribution is -0.140. The number of nitrogens with zero attached hydrogens (tertiary/aromatic N) is 2. The van der Waals surface area contributed by atoms with Crippen LogP contribution in [0.15, 0.2) is 24.3 Å². The minimum atomic E-state index is -3.11. The first kappa shape index (κ1) is 28.1. The maximum Gasteiger partial charge on any atom is 0.388 e. The largest absolute Gasteiger partial charge is 0.481 e. The van der Waals surface area contributed by atoms with Gasteiger partial charge in [-0.3, -0.25) is 14.4 Å². The third-order valence-electron chi connectivity index (χ3n) is 5.80. The summed E-state index contributed by atoms with van der Waals surface area (Å²) in [6.45, 7) is 2.21. The summed E-state index contributed by atoms with van der Waals surface area (Å²) in [5, 5.41) is 11.3. The SMILES string of the molecule is C[Si](C)(C)c1c(F)cc(NC(=O)[C@H]2c3ccc(OC(F)F)nc3CCN2C(=O)CCCC(=O)O)cc1F. The van der Waals surface area contributed by atoms with E-state index >= 15 is 0 Å². The van der Waals surface area contributed by atoms with Crippen LogP contribution < -0.4 is 15.2 Å². The Balaban J connectivity index is 1.94. The number of carboxylic acids is 1. The van der Waals surface area contributed by atoms with Gasteiger partial charge in [-0.05, 0) is 24.6 Å². The number of carboxylic acid groups (broad SMARTS) is 1. The molecule has 8 nitrogen and oxygen atoms in total. The molecule has 2 N–H and O–H groups in total. The summed E-state index contributed by atoms with van der Waals surface area (Å²) in [6.07, 6.45) is -0.233. The fourth-order valence-corrected chi connectivity index (χ4v) is 5.86. The number of rotatable bonds is 9. The molecule has 0 radical (unpaired) electrons. The third-order valence-corrected chi connectivity index (χ3v) is 7.78. The quantitative estimate of drug-likeness (QED) is 0.369. The van der Waals surface area contributed by atoms with E-state index in [1.807, 2.05) is 0 Å². The van der Waals surface area contributed by atoms with E-state index in [1.165, 1.54) is 11.0 Å². The molecule has 37 heavy (non-hydrogen) atoms. The Kier molecular flexibility index (Phi) is 8.56. The Morgan fingerprint density at radius 3 is 2.38 bits per heavy atom. The smallest absolute Gasteiger partial charge is 0.388 e. The highest BCUT2D eigenvalue weighted by Gasteiger charge is 2.37. The van der Waals surface area contributed by atoms with Crippen LogP contribution in [0.1, 0.15) is 36.6 Å². The molecule has 1 atom stereocenters. The molecule has 13 heteroatoms. The average molecular weight is 542 g/mol. The van der Waals surface area contributed by atoms with Crippen LogP contribution in [-0.2, 0) is 20.8 Å². The Labute approximate surface area is 211 Å². The summed E-state index contributed by atoms with van der Waals surface area (Å²) < 4.78 is 59.1. The van der Waals surface area contributed by atoms with Crippen LogP contribution in [0, 0.1) is 11.6 Å². The first-order valence-corrected chi connectivity index (χ1v) is 15.0. The third kappa shape index (κ3) is 6.84. The molecule has 0 saturated carbocycles. The number of amides is 2. The van der Waals surface area contributed by atoms with E-state index in [-0.39, 0.29) is 60.2 Å². The molecule has 1 aliphatic heterocycles. The number of fused-ring (bicyclic) bond motifs is 1. The number of benzene rings is 1. The zero-order valence-corrected chi connectivity index (χ0v) is 21.5. The second-order valence-electron chi connectivity index (χ2n) is 9.61. The second-order valence-corrected chi connectivity index (χ2v) is 14.6. The number of carbonyl (C=O) groups is 3. The van der Waals surface area contributed by atoms with Gasteiger partial charge >= 0.3 is 12.6 Å². The molecule has 0 fully saturated rings. The lowest BCUT2D eigenvalue weighted by Crippen LogP contribution is -2.46. The van der Waals surface area contributed by atoms with E-state index in [4.69, 9.17) is 5.11 Å². The molecule has 1 aliphatic rings. The van der Waals surface area contributed by atoms with Crippen molar-refractivity contribution in [3.63, 3.8) is 0 Å². The first-order valence-electron chi connectivity index (χ1n) is 11.5. The molecular formula is C24H27F4N3O5Si. The highest BCUT2D eigenvalue weighted by molar-refractivity contribution is 6.88. The van der Waals surface area contributed by atoms with Gasteiger partial charge in [0.1, 0.15) is 17.7 Å². The van der Waals surface area contributed by atoms with Gasteiger partial charge in [-0.25, -0.2) is 13.8 Å². The lowest BCUT2D eigenvalue weighted by atomic mass is 9.95. The van der Waals surface area contributed by atoms with Gasteiger partial charge in [-0.1, -0.05) is 19.6 Å². The molecule has 0 aliphatic carbocycles. The number of aliphatic carboxylic acids is 1. The maximum atomic E-state index is 14.7. The van der Waals surface area contributed by atoms with Crippen molar-refractivity contribution < 1.29 is 41.8 Å². The normalized spacial score (nSPS) is 15.4. The molecule has 200 valence electrons. The minimum absolute atomic E-state index is 0.0143. The summed E-state index contributed by atoms with van der Waals surface area (Å²) in [4.78, 5) is 42.4. The summed E-state index contributed by atoms with van der Waals surface area (Å²) in [5.74, 6) is -4.33. The molecule has 0 saturated heterocycles. The number of hydrogen-bond donors (Lipinski definition) is 2. The Morgan fingerprint density at radius 1 is 1.16 bits per heavy atom. The number of aromatic nitrogens is 1. The topological polar surface area (TPSA) is 109 Å². The van der Waals surface area contributed by atoms with Crippen molar-refractivity contribution in [3.05, 3.63) is 47.2 Å². The Morgan fingerprint density at radius 2 is 1.81 bits per heavy atom. The number of nitrogens with one attached hydrogen (secondary N) is 1. The van der Waals surface area contributed by atoms with E-state index in [9.17, 15) is 31.9 Å². The number of ether oxygens (including phenoxy) is 1. The minimum Gasteiger partial charge on any atom is -0.481 e. The predicted octanol–water partition coefficient (Wildman–Crippen LogP) is 3.83. The molecular weight excluding hydrogens is 514 g/mol. The van der Waals surface area contributed by atoms with Crippen molar-refractivity contribution in [1.82, 2.24) is 9.88 Å². The molecule has 0 spiro atoms. The van der Waals surface area contributed by atoms with Crippen LogP contribution in [0.25, 0.3) is 0 Å². The molecule has 1 aromatic carbocycles. The van der Waals surface area contributed by atoms with Crippen LogP contribution in [0.5, 0.6) is 5.88 Å². The summed E-state index contributed by atoms with van der Waals surface area (Å²) in [6, 6.07) is 3.18. The van der Waals surface area contributed by atoms with Gasteiger partial charge < -0.3 is 20.1 Å². The molecule has 2 amide bonds. The number of alkyl halides is 2. The highest BCUT2D eigenvalue weighted by atomic mass is 28.3. The van der Waals surface area contributed by atoms with Crippen LogP contribution in [-0.4, -0.2) is 54.0 Å². The summed E-state index contributed by atoms with van der Waals surface area (Å²) in [7, 11) is -2.36. The van der Waals surface area contributed by atoms with Gasteiger partial charge in [-0.2, -0.15) is 8.78 Å². The monoisotopic (exact) mass is 541 g/mol. The fraction of sp³-hybridized carbons (Fsp3) is 0.417. The number of anilines is 1. The second kappa shape index (κ2) is 11.3. The van der Waals surface area contributed by atoms with Crippen LogP contribution >= 0.6 is 0 Å². The summed E-state index contributed by atoms with van der Waals surface area (Å²) in [5.41, 5.74) is 0.328. The predicted molar refractivity (Wildman–Crippen MR) is 128 cm³/mol. The number of hydrogen-bond acceptors (Lipinski definition) is 5. The van der Waals surface area contributed by atoms with E-state index in [0.717, 1.165) is 18.2 Å². The van der Waals surface area contributed by atoms with Gasteiger partial charge in [0.2, 0.25) is 11.8 Å². The fourth-order valence-electron chi connectivity index (χ4n) is 4.28. The summed E-state index contributed by atoms with van der Waals surface area (Å²) >= 11 is 0. The van der Waals surface area contributed by atoms with Crippen molar-refractivity contribution in [2.45, 2.75) is 58.0 Å². The molecule has 0 bridgehead atoms. The van der Waals surface area contributed by atoms with Crippen molar-refractivity contribution in [3.8, 4) is 5.88 Å². The zero-order chi connectivity index (χ0) is 27.5. The Hall–Kier alpha value is -3.48. The van der Waals surface area contributed by atoms with Crippen molar-refractivity contribution in [2.75, 3.05) is 11.9 Å². The van der Waals surface area contributed by atoms with Crippen LogP contribution in [0.4, 0.5) is 23.2 Å². The van der Waals surface area contributed by atoms with Gasteiger partial charge in [0.15, 0.2) is 0 Å². The van der Waals surface area contributed by atoms with E-state index in [0.29, 0.717) is 0 Å². The maximum absolute atomic E-state index is 14.7. The van der Waals surface area contributed by atoms with Crippen LogP contribution in [0.3, 0.4) is 0 Å². The standard InChI is InChI=1S/C24H27F4N3O5Si/c1-37(2,3)22-15(25)11-13(12-16(22)26)29-23(35)21-14-7-8-18(36-24(27)28)30-17(14)9-10-31(21)19(32)5-4-6-20(33)34/h7-8,11-12,21,24H,4-6,9-10H2,1-3H3,(H,29,35)(H,33,34)/t21-/m1/s1. The lowest BCUT2D eigenvalue weighted by Gasteiger charge is -2.36. The molecule has 3 rings (SSSR count). The van der Waals surface area contributed by atoms with E-state index in [2.05, 4.69) is 15.0 Å². The molecule has 1 aromatic heterocycles. The van der Waals surface area contributed by atoms with Gasteiger partial charge in [0.25, 0.3) is 5.91 Å². The highest BCUT2D eigenvalue weighted by Crippen LogP contribution is 2.33. The number of halogens is 4. The van der Waals surface area contributed by atoms with E-state index < -0.39 is 50.1 Å².